The second-order valence-corrected chi connectivity index (χ2v) is 5.14. The van der Waals surface area contributed by atoms with Gasteiger partial charge >= 0.3 is 0 Å². The van der Waals surface area contributed by atoms with Crippen molar-refractivity contribution in [3.63, 3.8) is 0 Å². The first kappa shape index (κ1) is 19.5. The highest BCUT2D eigenvalue weighted by Crippen LogP contribution is 2.32. The van der Waals surface area contributed by atoms with E-state index in [4.69, 9.17) is 10.3 Å². The molecule has 0 spiro atoms. The SMILES string of the molecule is CN1CCCN(Cc2noc(CN)n2)c2cc(F)ccc21.Cl.Cl. The van der Waals surface area contributed by atoms with Gasteiger partial charge in [-0.25, -0.2) is 4.39 Å². The number of hydrogen-bond acceptors (Lipinski definition) is 6. The highest BCUT2D eigenvalue weighted by atomic mass is 35.5. The average molecular weight is 364 g/mol. The molecule has 6 nitrogen and oxygen atoms in total. The largest absolute Gasteiger partial charge is 0.373 e. The zero-order valence-electron chi connectivity index (χ0n) is 12.7. The first-order valence-corrected chi connectivity index (χ1v) is 6.94. The van der Waals surface area contributed by atoms with Crippen molar-refractivity contribution in [2.45, 2.75) is 19.5 Å². The van der Waals surface area contributed by atoms with Gasteiger partial charge in [-0.15, -0.1) is 24.8 Å². The lowest BCUT2D eigenvalue weighted by atomic mass is 10.2. The fourth-order valence-electron chi connectivity index (χ4n) is 2.58. The molecule has 9 heteroatoms. The van der Waals surface area contributed by atoms with E-state index in [1.165, 1.54) is 6.07 Å². The Kier molecular flexibility index (Phi) is 7.05. The normalized spacial score (nSPS) is 13.7. The number of nitrogens with zero attached hydrogens (tertiary/aromatic N) is 4. The quantitative estimate of drug-likeness (QED) is 0.902. The molecule has 1 aliphatic rings. The summed E-state index contributed by atoms with van der Waals surface area (Å²) in [6.45, 7) is 2.44. The van der Waals surface area contributed by atoms with Crippen LogP contribution in [0.3, 0.4) is 0 Å². The molecular weight excluding hydrogens is 344 g/mol. The molecule has 0 aliphatic carbocycles. The lowest BCUT2D eigenvalue weighted by Crippen LogP contribution is -2.24. The molecule has 2 N–H and O–H groups in total. The maximum Gasteiger partial charge on any atom is 0.240 e. The van der Waals surface area contributed by atoms with Crippen LogP contribution in [-0.4, -0.2) is 30.3 Å². The van der Waals surface area contributed by atoms with Crippen molar-refractivity contribution in [3.05, 3.63) is 35.7 Å². The van der Waals surface area contributed by atoms with Crippen molar-refractivity contribution in [1.82, 2.24) is 10.1 Å². The molecule has 0 saturated heterocycles. The lowest BCUT2D eigenvalue weighted by molar-refractivity contribution is 0.374. The fourth-order valence-corrected chi connectivity index (χ4v) is 2.58. The fraction of sp³-hybridized carbons (Fsp3) is 0.429. The molecule has 0 bridgehead atoms. The van der Waals surface area contributed by atoms with Gasteiger partial charge in [0.25, 0.3) is 0 Å². The molecule has 0 amide bonds. The summed E-state index contributed by atoms with van der Waals surface area (Å²) in [6, 6.07) is 4.85. The molecule has 3 rings (SSSR count). The minimum absolute atomic E-state index is 0. The number of aromatic nitrogens is 2. The van der Waals surface area contributed by atoms with Crippen LogP contribution >= 0.6 is 24.8 Å². The van der Waals surface area contributed by atoms with Crippen LogP contribution in [0.2, 0.25) is 0 Å². The van der Waals surface area contributed by atoms with Gasteiger partial charge in [0.05, 0.1) is 24.5 Å². The summed E-state index contributed by atoms with van der Waals surface area (Å²) in [5.74, 6) is 0.733. The van der Waals surface area contributed by atoms with E-state index in [0.29, 0.717) is 18.3 Å². The highest BCUT2D eigenvalue weighted by molar-refractivity contribution is 5.85. The predicted molar refractivity (Wildman–Crippen MR) is 92.0 cm³/mol. The Labute approximate surface area is 146 Å². The smallest absolute Gasteiger partial charge is 0.240 e. The maximum atomic E-state index is 13.6. The molecule has 2 heterocycles. The van der Waals surface area contributed by atoms with Crippen molar-refractivity contribution in [1.29, 1.82) is 0 Å². The summed E-state index contributed by atoms with van der Waals surface area (Å²) in [5.41, 5.74) is 7.34. The monoisotopic (exact) mass is 363 g/mol. The van der Waals surface area contributed by atoms with Crippen LogP contribution in [-0.2, 0) is 13.1 Å². The molecule has 0 fully saturated rings. The van der Waals surface area contributed by atoms with Crippen LogP contribution in [0.1, 0.15) is 18.1 Å². The molecule has 1 aromatic carbocycles. The van der Waals surface area contributed by atoms with Crippen LogP contribution in [0.5, 0.6) is 0 Å². The van der Waals surface area contributed by atoms with Crippen LogP contribution in [0.4, 0.5) is 15.8 Å². The third-order valence-corrected chi connectivity index (χ3v) is 3.63. The number of rotatable bonds is 3. The maximum absolute atomic E-state index is 13.6. The van der Waals surface area contributed by atoms with E-state index >= 15 is 0 Å². The first-order chi connectivity index (χ1) is 10.2. The van der Waals surface area contributed by atoms with E-state index < -0.39 is 0 Å². The van der Waals surface area contributed by atoms with Gasteiger partial charge in [-0.3, -0.25) is 0 Å². The van der Waals surface area contributed by atoms with Crippen molar-refractivity contribution in [2.75, 3.05) is 29.9 Å². The topological polar surface area (TPSA) is 71.4 Å². The summed E-state index contributed by atoms with van der Waals surface area (Å²) in [5, 5.41) is 3.91. The molecule has 1 aromatic heterocycles. The zero-order chi connectivity index (χ0) is 14.8. The molecule has 2 aromatic rings. The molecule has 0 saturated carbocycles. The van der Waals surface area contributed by atoms with Gasteiger partial charge in [-0.2, -0.15) is 4.98 Å². The second-order valence-electron chi connectivity index (χ2n) is 5.14. The summed E-state index contributed by atoms with van der Waals surface area (Å²) in [4.78, 5) is 8.43. The second kappa shape index (κ2) is 8.33. The Bertz CT molecular complexity index is 639. The van der Waals surface area contributed by atoms with Gasteiger partial charge in [0.2, 0.25) is 5.89 Å². The summed E-state index contributed by atoms with van der Waals surface area (Å²) < 4.78 is 18.6. The van der Waals surface area contributed by atoms with E-state index in [9.17, 15) is 4.39 Å². The van der Waals surface area contributed by atoms with Gasteiger partial charge in [0.1, 0.15) is 5.82 Å². The molecule has 0 radical (unpaired) electrons. The number of nitrogens with two attached hydrogens (primary N) is 1. The third-order valence-electron chi connectivity index (χ3n) is 3.63. The lowest BCUT2D eigenvalue weighted by Gasteiger charge is -2.24. The molecule has 23 heavy (non-hydrogen) atoms. The van der Waals surface area contributed by atoms with Crippen molar-refractivity contribution >= 4 is 36.2 Å². The Hall–Kier alpha value is -1.57. The first-order valence-electron chi connectivity index (χ1n) is 6.94. The van der Waals surface area contributed by atoms with Crippen molar-refractivity contribution < 1.29 is 8.91 Å². The van der Waals surface area contributed by atoms with Crippen LogP contribution in [0.15, 0.2) is 22.7 Å². The van der Waals surface area contributed by atoms with E-state index in [-0.39, 0.29) is 37.2 Å². The van der Waals surface area contributed by atoms with E-state index in [1.807, 2.05) is 13.1 Å². The van der Waals surface area contributed by atoms with Crippen molar-refractivity contribution in [2.24, 2.45) is 5.73 Å². The van der Waals surface area contributed by atoms with Gasteiger partial charge < -0.3 is 20.1 Å². The highest BCUT2D eigenvalue weighted by Gasteiger charge is 2.20. The number of halogens is 3. The van der Waals surface area contributed by atoms with Gasteiger partial charge in [0.15, 0.2) is 5.82 Å². The van der Waals surface area contributed by atoms with Crippen LogP contribution < -0.4 is 15.5 Å². The minimum Gasteiger partial charge on any atom is -0.373 e. The number of anilines is 2. The zero-order valence-corrected chi connectivity index (χ0v) is 14.4. The summed E-state index contributed by atoms with van der Waals surface area (Å²) in [6.07, 6.45) is 0.981. The van der Waals surface area contributed by atoms with E-state index in [0.717, 1.165) is 30.9 Å². The predicted octanol–water partition coefficient (Wildman–Crippen LogP) is 2.36. The average Bonchev–Trinajstić information content (AvgIpc) is 2.87. The Morgan fingerprint density at radius 3 is 2.74 bits per heavy atom. The molecule has 0 atom stereocenters. The summed E-state index contributed by atoms with van der Waals surface area (Å²) >= 11 is 0. The molecule has 0 unspecified atom stereocenters. The molecular formula is C14H20Cl2FN5O. The van der Waals surface area contributed by atoms with Gasteiger partial charge in [-0.1, -0.05) is 5.16 Å². The van der Waals surface area contributed by atoms with Crippen LogP contribution in [0.25, 0.3) is 0 Å². The number of hydrogen-bond donors (Lipinski definition) is 1. The molecule has 1 aliphatic heterocycles. The van der Waals surface area contributed by atoms with Crippen LogP contribution in [0, 0.1) is 5.82 Å². The number of benzene rings is 1. The minimum atomic E-state index is -0.246. The van der Waals surface area contributed by atoms with E-state index in [2.05, 4.69) is 19.9 Å². The standard InChI is InChI=1S/C14H18FN5O.2ClH/c1-19-5-2-6-20(9-13-17-14(8-16)21-18-13)12-7-10(15)3-4-11(12)19;;/h3-4,7H,2,5-6,8-9,16H2,1H3;2*1H. The number of fused-ring (bicyclic) bond motifs is 1. The third kappa shape index (κ3) is 4.25. The van der Waals surface area contributed by atoms with Gasteiger partial charge in [0, 0.05) is 20.1 Å². The Morgan fingerprint density at radius 1 is 1.26 bits per heavy atom. The van der Waals surface area contributed by atoms with Crippen molar-refractivity contribution in [3.8, 4) is 0 Å². The molecule has 128 valence electrons. The summed E-state index contributed by atoms with van der Waals surface area (Å²) in [7, 11) is 2.01. The van der Waals surface area contributed by atoms with Gasteiger partial charge in [-0.05, 0) is 24.6 Å². The Morgan fingerprint density at radius 2 is 2.04 bits per heavy atom. The Balaban J connectivity index is 0.00000132. The van der Waals surface area contributed by atoms with E-state index in [1.54, 1.807) is 6.07 Å².